The fraction of sp³-hybridized carbons (Fsp3) is 0.824. The van der Waals surface area contributed by atoms with E-state index in [-0.39, 0.29) is 35.6 Å². The van der Waals surface area contributed by atoms with Crippen LogP contribution in [-0.2, 0) is 19.1 Å². The second kappa shape index (κ2) is 5.54. The van der Waals surface area contributed by atoms with E-state index in [2.05, 4.69) is 0 Å². The van der Waals surface area contributed by atoms with Gasteiger partial charge in [-0.15, -0.1) is 0 Å². The van der Waals surface area contributed by atoms with E-state index in [1.807, 2.05) is 6.92 Å². The van der Waals surface area contributed by atoms with Crippen LogP contribution >= 0.6 is 0 Å². The first-order valence-electron chi connectivity index (χ1n) is 8.16. The van der Waals surface area contributed by atoms with Crippen LogP contribution in [0.3, 0.4) is 0 Å². The summed E-state index contributed by atoms with van der Waals surface area (Å²) in [5.74, 6) is 1.25. The lowest BCUT2D eigenvalue weighted by atomic mass is 9.56. The number of Topliss-reactive ketones (excluding diaryl/α,β-unsaturated/α-hetero) is 1. The molecule has 2 saturated carbocycles. The van der Waals surface area contributed by atoms with Crippen LogP contribution < -0.4 is 0 Å². The van der Waals surface area contributed by atoms with Gasteiger partial charge in [0.2, 0.25) is 0 Å². The molecule has 4 nitrogen and oxygen atoms in total. The van der Waals surface area contributed by atoms with Gasteiger partial charge in [-0.05, 0) is 57.3 Å². The van der Waals surface area contributed by atoms with Crippen LogP contribution in [0.1, 0.15) is 46.0 Å². The molecule has 0 aromatic carbocycles. The van der Waals surface area contributed by atoms with E-state index in [9.17, 15) is 14.4 Å². The Morgan fingerprint density at radius 2 is 2.10 bits per heavy atom. The molecule has 1 heterocycles. The highest BCUT2D eigenvalue weighted by molar-refractivity contribution is 5.77. The van der Waals surface area contributed by atoms with Crippen LogP contribution in [0.2, 0.25) is 0 Å². The number of cyclic esters (lactones) is 1. The van der Waals surface area contributed by atoms with Gasteiger partial charge in [-0.1, -0.05) is 0 Å². The van der Waals surface area contributed by atoms with Crippen molar-refractivity contribution in [1.82, 2.24) is 0 Å². The average molecular weight is 292 g/mol. The first kappa shape index (κ1) is 14.7. The fourth-order valence-electron chi connectivity index (χ4n) is 5.23. The summed E-state index contributed by atoms with van der Waals surface area (Å²) in [6.45, 7) is 3.56. The average Bonchev–Trinajstić information content (AvgIpc) is 2.70. The standard InChI is InChI=1S/C17H24O4/c1-9(19)5-11-3-4-13-12(6-11)7-14-16(15(13)8-18)10(2)21-17(14)20/h8,10-16H,3-7H2,1-2H3/t10-,11+,12+,13-,14-,15+,16-/m1/s1. The van der Waals surface area contributed by atoms with Crippen molar-refractivity contribution in [3.63, 3.8) is 0 Å². The Balaban J connectivity index is 1.78. The number of ketones is 1. The quantitative estimate of drug-likeness (QED) is 0.592. The van der Waals surface area contributed by atoms with Crippen LogP contribution in [0.4, 0.5) is 0 Å². The molecule has 0 radical (unpaired) electrons. The highest BCUT2D eigenvalue weighted by atomic mass is 16.6. The zero-order valence-electron chi connectivity index (χ0n) is 12.8. The zero-order valence-corrected chi connectivity index (χ0v) is 12.8. The third-order valence-corrected chi connectivity index (χ3v) is 5.99. The minimum atomic E-state index is -0.131. The summed E-state index contributed by atoms with van der Waals surface area (Å²) in [5, 5.41) is 0. The molecule has 7 atom stereocenters. The number of ether oxygens (including phenoxy) is 1. The smallest absolute Gasteiger partial charge is 0.309 e. The number of hydrogen-bond donors (Lipinski definition) is 0. The summed E-state index contributed by atoms with van der Waals surface area (Å²) in [6, 6.07) is 0. The minimum absolute atomic E-state index is 0.0477. The molecule has 3 fully saturated rings. The minimum Gasteiger partial charge on any atom is -0.462 e. The molecular weight excluding hydrogens is 268 g/mol. The first-order valence-corrected chi connectivity index (χ1v) is 8.16. The van der Waals surface area contributed by atoms with Crippen molar-refractivity contribution in [2.24, 2.45) is 35.5 Å². The maximum Gasteiger partial charge on any atom is 0.309 e. The van der Waals surface area contributed by atoms with Gasteiger partial charge in [0.15, 0.2) is 0 Å². The van der Waals surface area contributed by atoms with Gasteiger partial charge in [0.1, 0.15) is 18.2 Å². The van der Waals surface area contributed by atoms with Crippen molar-refractivity contribution in [2.75, 3.05) is 0 Å². The van der Waals surface area contributed by atoms with Gasteiger partial charge in [0.25, 0.3) is 0 Å². The summed E-state index contributed by atoms with van der Waals surface area (Å²) in [7, 11) is 0. The van der Waals surface area contributed by atoms with Gasteiger partial charge in [-0.3, -0.25) is 4.79 Å². The Morgan fingerprint density at radius 3 is 2.76 bits per heavy atom. The van der Waals surface area contributed by atoms with E-state index in [1.165, 1.54) is 0 Å². The van der Waals surface area contributed by atoms with Crippen molar-refractivity contribution >= 4 is 18.0 Å². The Morgan fingerprint density at radius 1 is 1.33 bits per heavy atom. The molecule has 2 aliphatic carbocycles. The molecule has 4 heteroatoms. The number of fused-ring (bicyclic) bond motifs is 2. The summed E-state index contributed by atoms with van der Waals surface area (Å²) < 4.78 is 5.39. The third-order valence-electron chi connectivity index (χ3n) is 5.99. The summed E-state index contributed by atoms with van der Waals surface area (Å²) in [5.41, 5.74) is 0. The molecule has 0 amide bonds. The topological polar surface area (TPSA) is 60.4 Å². The van der Waals surface area contributed by atoms with Crippen LogP contribution in [0.15, 0.2) is 0 Å². The summed E-state index contributed by atoms with van der Waals surface area (Å²) in [6.07, 6.45) is 5.45. The van der Waals surface area contributed by atoms with Gasteiger partial charge in [-0.2, -0.15) is 0 Å². The maximum absolute atomic E-state index is 12.0. The number of hydrogen-bond acceptors (Lipinski definition) is 4. The molecule has 1 saturated heterocycles. The van der Waals surface area contributed by atoms with Gasteiger partial charge in [-0.25, -0.2) is 0 Å². The van der Waals surface area contributed by atoms with E-state index in [0.29, 0.717) is 24.2 Å². The predicted molar refractivity (Wildman–Crippen MR) is 76.3 cm³/mol. The molecule has 3 rings (SSSR count). The molecule has 0 aromatic rings. The van der Waals surface area contributed by atoms with E-state index < -0.39 is 0 Å². The SMILES string of the molecule is CC(=O)C[C@@H]1CC[C@@H]2[C@@H](C1)C[C@H]1C(=O)O[C@H](C)[C@H]1[C@H]2C=O. The summed E-state index contributed by atoms with van der Waals surface area (Å²) >= 11 is 0. The van der Waals surface area contributed by atoms with Crippen LogP contribution in [0.25, 0.3) is 0 Å². The van der Waals surface area contributed by atoms with Crippen molar-refractivity contribution in [2.45, 2.75) is 52.1 Å². The van der Waals surface area contributed by atoms with Crippen LogP contribution in [-0.4, -0.2) is 24.1 Å². The molecule has 0 aromatic heterocycles. The number of rotatable bonds is 3. The van der Waals surface area contributed by atoms with Gasteiger partial charge in [0.05, 0.1) is 5.92 Å². The lowest BCUT2D eigenvalue weighted by Crippen LogP contribution is -2.45. The molecule has 0 spiro atoms. The van der Waals surface area contributed by atoms with Crippen LogP contribution in [0.5, 0.6) is 0 Å². The zero-order chi connectivity index (χ0) is 15.1. The normalized spacial score (nSPS) is 45.4. The van der Waals surface area contributed by atoms with Gasteiger partial charge in [0, 0.05) is 18.3 Å². The third kappa shape index (κ3) is 2.53. The largest absolute Gasteiger partial charge is 0.462 e. The Labute approximate surface area is 125 Å². The van der Waals surface area contributed by atoms with Crippen LogP contribution in [0, 0.1) is 35.5 Å². The highest BCUT2D eigenvalue weighted by Gasteiger charge is 2.55. The Bertz CT molecular complexity index is 458. The second-order valence-corrected chi connectivity index (χ2v) is 7.28. The van der Waals surface area contributed by atoms with Crippen molar-refractivity contribution in [1.29, 1.82) is 0 Å². The number of aldehydes is 1. The van der Waals surface area contributed by atoms with Crippen molar-refractivity contribution < 1.29 is 19.1 Å². The molecular formula is C17H24O4. The lowest BCUT2D eigenvalue weighted by Gasteiger charge is -2.46. The Hall–Kier alpha value is -1.19. The van der Waals surface area contributed by atoms with Gasteiger partial charge >= 0.3 is 5.97 Å². The molecule has 0 N–H and O–H groups in total. The molecule has 0 bridgehead atoms. The van der Waals surface area contributed by atoms with Gasteiger partial charge < -0.3 is 14.3 Å². The molecule has 21 heavy (non-hydrogen) atoms. The molecule has 116 valence electrons. The molecule has 3 aliphatic rings. The lowest BCUT2D eigenvalue weighted by molar-refractivity contribution is -0.144. The Kier molecular flexibility index (Phi) is 3.89. The van der Waals surface area contributed by atoms with Crippen molar-refractivity contribution in [3.8, 4) is 0 Å². The van der Waals surface area contributed by atoms with E-state index in [0.717, 1.165) is 32.0 Å². The van der Waals surface area contributed by atoms with E-state index in [1.54, 1.807) is 6.92 Å². The molecule has 0 unspecified atom stereocenters. The van der Waals surface area contributed by atoms with E-state index in [4.69, 9.17) is 4.74 Å². The monoisotopic (exact) mass is 292 g/mol. The number of esters is 1. The molecule has 1 aliphatic heterocycles. The maximum atomic E-state index is 12.0. The fourth-order valence-corrected chi connectivity index (χ4v) is 5.23. The van der Waals surface area contributed by atoms with Crippen molar-refractivity contribution in [3.05, 3.63) is 0 Å². The number of carbonyl (C=O) groups is 3. The second-order valence-electron chi connectivity index (χ2n) is 7.28. The summed E-state index contributed by atoms with van der Waals surface area (Å²) in [4.78, 5) is 35.0. The first-order chi connectivity index (χ1) is 10.0. The predicted octanol–water partition coefficient (Wildman–Crippen LogP) is 2.39. The van der Waals surface area contributed by atoms with E-state index >= 15 is 0 Å². The highest BCUT2D eigenvalue weighted by Crippen LogP contribution is 2.53. The number of carbonyl (C=O) groups excluding carboxylic acids is 3.